The number of thiophene rings is 1. The molecule has 1 aliphatic rings. The highest BCUT2D eigenvalue weighted by atomic mass is 32.1. The molecule has 0 radical (unpaired) electrons. The molecule has 6 heteroatoms. The van der Waals surface area contributed by atoms with Crippen molar-refractivity contribution in [2.24, 2.45) is 5.92 Å². The first-order chi connectivity index (χ1) is 13.1. The van der Waals surface area contributed by atoms with Crippen molar-refractivity contribution in [1.82, 2.24) is 10.2 Å². The van der Waals surface area contributed by atoms with Crippen molar-refractivity contribution < 1.29 is 14.7 Å². The summed E-state index contributed by atoms with van der Waals surface area (Å²) in [5, 5.41) is 17.1. The molecule has 0 aliphatic carbocycles. The highest BCUT2D eigenvalue weighted by molar-refractivity contribution is 7.08. The van der Waals surface area contributed by atoms with Crippen molar-refractivity contribution in [2.75, 3.05) is 19.6 Å². The first kappa shape index (κ1) is 19.6. The third-order valence-electron chi connectivity index (χ3n) is 5.12. The van der Waals surface area contributed by atoms with Crippen LogP contribution in [0.15, 0.2) is 47.2 Å². The van der Waals surface area contributed by atoms with Crippen LogP contribution in [0, 0.1) is 5.92 Å². The lowest BCUT2D eigenvalue weighted by Gasteiger charge is -2.34. The zero-order valence-corrected chi connectivity index (χ0v) is 16.2. The molecule has 0 saturated carbocycles. The Kier molecular flexibility index (Phi) is 7.01. The Morgan fingerprint density at radius 1 is 1.19 bits per heavy atom. The third kappa shape index (κ3) is 5.40. The second-order valence-electron chi connectivity index (χ2n) is 6.95. The van der Waals surface area contributed by atoms with Gasteiger partial charge >= 0.3 is 0 Å². The number of carbonyl (C=O) groups excluding carboxylic acids is 2. The Labute approximate surface area is 164 Å². The predicted molar refractivity (Wildman–Crippen MR) is 107 cm³/mol. The average molecular weight is 387 g/mol. The monoisotopic (exact) mass is 386 g/mol. The second-order valence-corrected chi connectivity index (χ2v) is 7.73. The maximum Gasteiger partial charge on any atom is 0.252 e. The Hall–Kier alpha value is -2.18. The SMILES string of the molecule is O=C(NCCCC(=O)N1CCC(C(O)c2ccccc2)CC1)c1ccsc1. The third-order valence-corrected chi connectivity index (χ3v) is 5.80. The Balaban J connectivity index is 1.35. The lowest BCUT2D eigenvalue weighted by Crippen LogP contribution is -2.40. The molecule has 27 heavy (non-hydrogen) atoms. The average Bonchev–Trinajstić information content (AvgIpc) is 3.26. The van der Waals surface area contributed by atoms with Gasteiger partial charge in [0, 0.05) is 37.0 Å². The molecule has 2 N–H and O–H groups in total. The van der Waals surface area contributed by atoms with E-state index in [-0.39, 0.29) is 17.7 Å². The minimum Gasteiger partial charge on any atom is -0.388 e. The summed E-state index contributed by atoms with van der Waals surface area (Å²) in [4.78, 5) is 26.1. The van der Waals surface area contributed by atoms with Gasteiger partial charge in [-0.2, -0.15) is 11.3 Å². The first-order valence-corrected chi connectivity index (χ1v) is 10.4. The van der Waals surface area contributed by atoms with Crippen molar-refractivity contribution in [1.29, 1.82) is 0 Å². The van der Waals surface area contributed by atoms with Gasteiger partial charge in [-0.3, -0.25) is 9.59 Å². The number of piperidine rings is 1. The number of aliphatic hydroxyl groups is 1. The highest BCUT2D eigenvalue weighted by Crippen LogP contribution is 2.30. The van der Waals surface area contributed by atoms with Crippen LogP contribution in [0.4, 0.5) is 0 Å². The summed E-state index contributed by atoms with van der Waals surface area (Å²) in [5.74, 6) is 0.244. The van der Waals surface area contributed by atoms with Crippen molar-refractivity contribution in [3.8, 4) is 0 Å². The molecule has 1 aliphatic heterocycles. The van der Waals surface area contributed by atoms with Crippen LogP contribution in [0.2, 0.25) is 0 Å². The first-order valence-electron chi connectivity index (χ1n) is 9.46. The number of nitrogens with one attached hydrogen (secondary N) is 1. The number of amides is 2. The van der Waals surface area contributed by atoms with Gasteiger partial charge < -0.3 is 15.3 Å². The molecule has 1 saturated heterocycles. The fraction of sp³-hybridized carbons (Fsp3) is 0.429. The molecule has 1 aromatic carbocycles. The molecule has 2 heterocycles. The molecule has 0 bridgehead atoms. The van der Waals surface area contributed by atoms with Gasteiger partial charge in [-0.05, 0) is 42.2 Å². The number of nitrogens with zero attached hydrogens (tertiary/aromatic N) is 1. The number of rotatable bonds is 7. The van der Waals surface area contributed by atoms with E-state index in [9.17, 15) is 14.7 Å². The van der Waals surface area contributed by atoms with E-state index in [0.717, 1.165) is 18.4 Å². The summed E-state index contributed by atoms with van der Waals surface area (Å²) in [6, 6.07) is 11.5. The van der Waals surface area contributed by atoms with Gasteiger partial charge in [-0.15, -0.1) is 0 Å². The zero-order chi connectivity index (χ0) is 19.1. The largest absolute Gasteiger partial charge is 0.388 e. The molecule has 0 spiro atoms. The molecular formula is C21H26N2O3S. The number of hydrogen-bond acceptors (Lipinski definition) is 4. The summed E-state index contributed by atoms with van der Waals surface area (Å²) < 4.78 is 0. The molecule has 2 amide bonds. The van der Waals surface area contributed by atoms with E-state index < -0.39 is 6.10 Å². The normalized spacial score (nSPS) is 16.1. The summed E-state index contributed by atoms with van der Waals surface area (Å²) in [6.07, 6.45) is 2.25. The van der Waals surface area contributed by atoms with E-state index in [1.165, 1.54) is 11.3 Å². The Bertz CT molecular complexity index is 725. The smallest absolute Gasteiger partial charge is 0.252 e. The van der Waals surface area contributed by atoms with Gasteiger partial charge in [0.1, 0.15) is 0 Å². The number of likely N-dealkylation sites (tertiary alicyclic amines) is 1. The number of carbonyl (C=O) groups is 2. The van der Waals surface area contributed by atoms with Crippen LogP contribution in [0.5, 0.6) is 0 Å². The fourth-order valence-electron chi connectivity index (χ4n) is 3.48. The maximum absolute atomic E-state index is 12.4. The Morgan fingerprint density at radius 2 is 1.93 bits per heavy atom. The van der Waals surface area contributed by atoms with Gasteiger partial charge in [0.05, 0.1) is 6.10 Å². The summed E-state index contributed by atoms with van der Waals surface area (Å²) in [5.41, 5.74) is 1.62. The van der Waals surface area contributed by atoms with E-state index in [1.807, 2.05) is 46.0 Å². The van der Waals surface area contributed by atoms with Crippen LogP contribution in [-0.4, -0.2) is 41.5 Å². The predicted octanol–water partition coefficient (Wildman–Crippen LogP) is 3.23. The molecule has 3 rings (SSSR count). The fourth-order valence-corrected chi connectivity index (χ4v) is 4.12. The standard InChI is InChI=1S/C21H26N2O3S/c24-19(7-4-11-22-21(26)18-10-14-27-15-18)23-12-8-17(9-13-23)20(25)16-5-2-1-3-6-16/h1-3,5-6,10,14-15,17,20,25H,4,7-9,11-13H2,(H,22,26). The number of benzene rings is 1. The Morgan fingerprint density at radius 3 is 2.59 bits per heavy atom. The summed E-state index contributed by atoms with van der Waals surface area (Å²) in [6.45, 7) is 1.88. The number of aliphatic hydroxyl groups excluding tert-OH is 1. The van der Waals surface area contributed by atoms with E-state index in [2.05, 4.69) is 5.32 Å². The van der Waals surface area contributed by atoms with Gasteiger partial charge in [0.15, 0.2) is 0 Å². The molecule has 1 aromatic heterocycles. The van der Waals surface area contributed by atoms with E-state index in [1.54, 1.807) is 6.07 Å². The van der Waals surface area contributed by atoms with Crippen molar-refractivity contribution in [3.63, 3.8) is 0 Å². The van der Waals surface area contributed by atoms with Crippen LogP contribution < -0.4 is 5.32 Å². The molecule has 1 atom stereocenters. The van der Waals surface area contributed by atoms with Crippen molar-refractivity contribution in [2.45, 2.75) is 31.8 Å². The summed E-state index contributed by atoms with van der Waals surface area (Å²) >= 11 is 1.49. The van der Waals surface area contributed by atoms with Crippen LogP contribution >= 0.6 is 11.3 Å². The van der Waals surface area contributed by atoms with Crippen molar-refractivity contribution in [3.05, 3.63) is 58.3 Å². The molecule has 1 fully saturated rings. The molecule has 5 nitrogen and oxygen atoms in total. The lowest BCUT2D eigenvalue weighted by molar-refractivity contribution is -0.133. The van der Waals surface area contributed by atoms with Gasteiger partial charge in [-0.1, -0.05) is 30.3 Å². The lowest BCUT2D eigenvalue weighted by atomic mass is 9.87. The minimum atomic E-state index is -0.462. The van der Waals surface area contributed by atoms with Gasteiger partial charge in [0.25, 0.3) is 5.91 Å². The quantitative estimate of drug-likeness (QED) is 0.718. The molecule has 1 unspecified atom stereocenters. The van der Waals surface area contributed by atoms with Crippen molar-refractivity contribution >= 4 is 23.2 Å². The van der Waals surface area contributed by atoms with Crippen LogP contribution in [0.3, 0.4) is 0 Å². The minimum absolute atomic E-state index is 0.0839. The van der Waals surface area contributed by atoms with Crippen LogP contribution in [0.25, 0.3) is 0 Å². The van der Waals surface area contributed by atoms with E-state index >= 15 is 0 Å². The van der Waals surface area contributed by atoms with Gasteiger partial charge in [-0.25, -0.2) is 0 Å². The summed E-state index contributed by atoms with van der Waals surface area (Å²) in [7, 11) is 0. The number of hydrogen-bond donors (Lipinski definition) is 2. The highest BCUT2D eigenvalue weighted by Gasteiger charge is 2.27. The zero-order valence-electron chi connectivity index (χ0n) is 15.3. The topological polar surface area (TPSA) is 69.6 Å². The molecule has 2 aromatic rings. The second kappa shape index (κ2) is 9.67. The van der Waals surface area contributed by atoms with E-state index in [4.69, 9.17) is 0 Å². The maximum atomic E-state index is 12.4. The van der Waals surface area contributed by atoms with E-state index in [0.29, 0.717) is 38.0 Å². The van der Waals surface area contributed by atoms with Crippen LogP contribution in [0.1, 0.15) is 47.7 Å². The molecule has 144 valence electrons. The van der Waals surface area contributed by atoms with Gasteiger partial charge in [0.2, 0.25) is 5.91 Å². The molecular weight excluding hydrogens is 360 g/mol. The van der Waals surface area contributed by atoms with Crippen LogP contribution in [-0.2, 0) is 4.79 Å².